The number of hydrogen-bond donors (Lipinski definition) is 2. The number of amides is 1. The van der Waals surface area contributed by atoms with E-state index >= 15 is 0 Å². The van der Waals surface area contributed by atoms with Crippen LogP contribution in [-0.4, -0.2) is 27.5 Å². The van der Waals surface area contributed by atoms with Gasteiger partial charge in [0.2, 0.25) is 0 Å². The molecule has 0 radical (unpaired) electrons. The van der Waals surface area contributed by atoms with E-state index in [1.165, 1.54) is 0 Å². The fourth-order valence-electron chi connectivity index (χ4n) is 2.17. The van der Waals surface area contributed by atoms with E-state index in [9.17, 15) is 4.79 Å². The topological polar surface area (TPSA) is 76.4 Å². The molecule has 0 atom stereocenters. The number of halogens is 3. The third kappa shape index (κ3) is 4.78. The highest BCUT2D eigenvalue weighted by Gasteiger charge is 2.18. The Bertz CT molecular complexity index is 717. The van der Waals surface area contributed by atoms with E-state index in [1.54, 1.807) is 22.9 Å². The summed E-state index contributed by atoms with van der Waals surface area (Å²) in [6.45, 7) is 2.63. The van der Waals surface area contributed by atoms with Gasteiger partial charge in [-0.25, -0.2) is 4.79 Å². The fraction of sp³-hybridized carbons (Fsp3) is 0.333. The average Bonchev–Trinajstić information content (AvgIpc) is 2.82. The van der Waals surface area contributed by atoms with Gasteiger partial charge in [-0.3, -0.25) is 4.68 Å². The first-order chi connectivity index (χ1) is 11.4. The Morgan fingerprint density at radius 1 is 1.38 bits per heavy atom. The molecule has 0 saturated heterocycles. The zero-order chi connectivity index (χ0) is 17.7. The van der Waals surface area contributed by atoms with Gasteiger partial charge >= 0.3 is 6.09 Å². The third-order valence-corrected chi connectivity index (χ3v) is 4.16. The summed E-state index contributed by atoms with van der Waals surface area (Å²) in [4.78, 5) is 10.6. The van der Waals surface area contributed by atoms with Crippen molar-refractivity contribution in [2.24, 2.45) is 0 Å². The summed E-state index contributed by atoms with van der Waals surface area (Å²) < 4.78 is 7.70. The van der Waals surface area contributed by atoms with Crippen molar-refractivity contribution >= 4 is 45.2 Å². The zero-order valence-corrected chi connectivity index (χ0v) is 16.0. The molecule has 130 valence electrons. The normalized spacial score (nSPS) is 10.7. The second-order valence-corrected chi connectivity index (χ2v) is 6.31. The van der Waals surface area contributed by atoms with Crippen molar-refractivity contribution in [1.82, 2.24) is 15.1 Å². The maximum Gasteiger partial charge on any atom is 0.404 e. The Morgan fingerprint density at radius 3 is 2.58 bits per heavy atom. The van der Waals surface area contributed by atoms with Crippen LogP contribution >= 0.6 is 39.1 Å². The first-order valence-electron chi connectivity index (χ1n) is 7.19. The van der Waals surface area contributed by atoms with Crippen LogP contribution in [0.2, 0.25) is 10.0 Å². The number of benzene rings is 1. The van der Waals surface area contributed by atoms with Gasteiger partial charge < -0.3 is 15.2 Å². The Hall–Kier alpha value is -1.44. The summed E-state index contributed by atoms with van der Waals surface area (Å²) >= 11 is 15.5. The molecule has 2 aromatic rings. The molecular formula is C15H16BrCl2N3O3. The van der Waals surface area contributed by atoms with Crippen LogP contribution < -0.4 is 10.1 Å². The van der Waals surface area contributed by atoms with Crippen molar-refractivity contribution in [2.75, 3.05) is 6.54 Å². The summed E-state index contributed by atoms with van der Waals surface area (Å²) in [7, 11) is 0. The van der Waals surface area contributed by atoms with E-state index in [4.69, 9.17) is 33.0 Å². The third-order valence-electron chi connectivity index (χ3n) is 3.19. The molecule has 2 rings (SSSR count). The molecule has 0 saturated carbocycles. The van der Waals surface area contributed by atoms with Gasteiger partial charge in [0.25, 0.3) is 0 Å². The van der Waals surface area contributed by atoms with Gasteiger partial charge in [-0.05, 0) is 24.6 Å². The molecule has 6 nitrogen and oxygen atoms in total. The number of ether oxygens (including phenoxy) is 1. The number of carbonyl (C=O) groups is 1. The molecule has 0 aliphatic carbocycles. The lowest BCUT2D eigenvalue weighted by molar-refractivity contribution is 0.194. The lowest BCUT2D eigenvalue weighted by Gasteiger charge is -2.09. The molecule has 0 fully saturated rings. The molecule has 9 heteroatoms. The summed E-state index contributed by atoms with van der Waals surface area (Å²) in [6.07, 6.45) is -0.397. The first kappa shape index (κ1) is 18.9. The van der Waals surface area contributed by atoms with E-state index in [0.717, 1.165) is 11.4 Å². The standard InChI is InChI=1S/C15H16BrCl2N3O3/c1-2-12-14(24-11-6-9(17)5-10(18)7-11)13(8-16)21(20-12)4-3-19-15(22)23/h5-7,19H,2-4,8H2,1H3,(H,22,23). The number of alkyl halides is 1. The van der Waals surface area contributed by atoms with Crippen LogP contribution in [0.15, 0.2) is 18.2 Å². The molecule has 1 heterocycles. The molecule has 0 bridgehead atoms. The number of hydrogen-bond acceptors (Lipinski definition) is 3. The minimum Gasteiger partial charge on any atom is -0.465 e. The second kappa shape index (κ2) is 8.60. The fourth-order valence-corrected chi connectivity index (χ4v) is 3.22. The van der Waals surface area contributed by atoms with Crippen molar-refractivity contribution in [3.05, 3.63) is 39.6 Å². The average molecular weight is 437 g/mol. The van der Waals surface area contributed by atoms with Crippen molar-refractivity contribution in [3.63, 3.8) is 0 Å². The molecule has 2 N–H and O–H groups in total. The lowest BCUT2D eigenvalue weighted by Crippen LogP contribution is -2.26. The van der Waals surface area contributed by atoms with Gasteiger partial charge in [-0.1, -0.05) is 46.1 Å². The smallest absolute Gasteiger partial charge is 0.404 e. The largest absolute Gasteiger partial charge is 0.465 e. The maximum atomic E-state index is 10.6. The van der Waals surface area contributed by atoms with E-state index in [-0.39, 0.29) is 6.54 Å². The second-order valence-electron chi connectivity index (χ2n) is 4.87. The minimum absolute atomic E-state index is 0.253. The van der Waals surface area contributed by atoms with Crippen LogP contribution in [0.1, 0.15) is 18.3 Å². The molecule has 1 aromatic heterocycles. The molecule has 0 aliphatic rings. The monoisotopic (exact) mass is 435 g/mol. The van der Waals surface area contributed by atoms with Crippen molar-refractivity contribution in [2.45, 2.75) is 25.2 Å². The Morgan fingerprint density at radius 2 is 2.04 bits per heavy atom. The maximum absolute atomic E-state index is 10.6. The Labute approximate surface area is 157 Å². The van der Waals surface area contributed by atoms with Crippen LogP contribution in [0.4, 0.5) is 4.79 Å². The zero-order valence-electron chi connectivity index (χ0n) is 12.9. The lowest BCUT2D eigenvalue weighted by atomic mass is 10.2. The van der Waals surface area contributed by atoms with Crippen molar-refractivity contribution < 1.29 is 14.6 Å². The highest BCUT2D eigenvalue weighted by molar-refractivity contribution is 9.08. The van der Waals surface area contributed by atoms with Crippen molar-refractivity contribution in [3.8, 4) is 11.5 Å². The number of rotatable bonds is 7. The van der Waals surface area contributed by atoms with E-state index < -0.39 is 6.09 Å². The van der Waals surface area contributed by atoms with Gasteiger partial charge in [0.1, 0.15) is 11.4 Å². The van der Waals surface area contributed by atoms with Crippen LogP contribution in [0.25, 0.3) is 0 Å². The number of aryl methyl sites for hydroxylation is 1. The molecule has 1 amide bonds. The van der Waals surface area contributed by atoms with E-state index in [2.05, 4.69) is 26.3 Å². The minimum atomic E-state index is -1.07. The van der Waals surface area contributed by atoms with Gasteiger partial charge in [0, 0.05) is 21.9 Å². The highest BCUT2D eigenvalue weighted by atomic mass is 79.9. The number of nitrogens with zero attached hydrogens (tertiary/aromatic N) is 2. The summed E-state index contributed by atoms with van der Waals surface area (Å²) in [5, 5.41) is 17.0. The molecular weight excluding hydrogens is 421 g/mol. The SMILES string of the molecule is CCc1nn(CCNC(=O)O)c(CBr)c1Oc1cc(Cl)cc(Cl)c1. The van der Waals surface area contributed by atoms with Crippen molar-refractivity contribution in [1.29, 1.82) is 0 Å². The molecule has 0 spiro atoms. The summed E-state index contributed by atoms with van der Waals surface area (Å²) in [6, 6.07) is 4.98. The van der Waals surface area contributed by atoms with Crippen LogP contribution in [-0.2, 0) is 18.3 Å². The number of nitrogens with one attached hydrogen (secondary N) is 1. The Balaban J connectivity index is 2.30. The highest BCUT2D eigenvalue weighted by Crippen LogP contribution is 2.34. The number of aromatic nitrogens is 2. The van der Waals surface area contributed by atoms with Crippen LogP contribution in [0.3, 0.4) is 0 Å². The number of carboxylic acid groups (broad SMARTS) is 1. The molecule has 24 heavy (non-hydrogen) atoms. The van der Waals surface area contributed by atoms with Gasteiger partial charge in [0.05, 0.1) is 12.2 Å². The molecule has 0 unspecified atom stereocenters. The molecule has 0 aliphatic heterocycles. The van der Waals surface area contributed by atoms with E-state index in [1.807, 2.05) is 6.92 Å². The van der Waals surface area contributed by atoms with Gasteiger partial charge in [-0.15, -0.1) is 0 Å². The predicted molar refractivity (Wildman–Crippen MR) is 96.8 cm³/mol. The summed E-state index contributed by atoms with van der Waals surface area (Å²) in [5.41, 5.74) is 1.59. The quantitative estimate of drug-likeness (QED) is 0.616. The van der Waals surface area contributed by atoms with E-state index in [0.29, 0.717) is 39.8 Å². The first-order valence-corrected chi connectivity index (χ1v) is 9.07. The van der Waals surface area contributed by atoms with Gasteiger partial charge in [-0.2, -0.15) is 5.10 Å². The van der Waals surface area contributed by atoms with Gasteiger partial charge in [0.15, 0.2) is 5.75 Å². The molecule has 1 aromatic carbocycles. The Kier molecular flexibility index (Phi) is 6.77. The summed E-state index contributed by atoms with van der Waals surface area (Å²) in [5.74, 6) is 1.15. The van der Waals surface area contributed by atoms with Crippen LogP contribution in [0, 0.1) is 0 Å². The predicted octanol–water partition coefficient (Wildman–Crippen LogP) is 4.71. The van der Waals surface area contributed by atoms with Crippen LogP contribution in [0.5, 0.6) is 11.5 Å².